The number of nitrogens with one attached hydrogen (secondary N) is 1. The zero-order valence-electron chi connectivity index (χ0n) is 19.1. The number of hydrogen-bond acceptors (Lipinski definition) is 12. The van der Waals surface area contributed by atoms with Crippen molar-refractivity contribution >= 4 is 35.2 Å². The topological polar surface area (TPSA) is 273 Å². The highest BCUT2D eigenvalue weighted by molar-refractivity contribution is 7.66. The largest absolute Gasteiger partial charge is 0.490 e. The Morgan fingerprint density at radius 3 is 2.29 bits per heavy atom. The van der Waals surface area contributed by atoms with E-state index in [1.165, 1.54) is 13.1 Å². The molecule has 0 bridgehead atoms. The Kier molecular flexibility index (Phi) is 9.23. The van der Waals surface area contributed by atoms with Gasteiger partial charge in [0, 0.05) is 17.3 Å². The first-order chi connectivity index (χ1) is 17.5. The Labute approximate surface area is 212 Å². The van der Waals surface area contributed by atoms with Gasteiger partial charge in [0.1, 0.15) is 24.1 Å². The monoisotopic (exact) mass is 601 g/mol. The van der Waals surface area contributed by atoms with Crippen molar-refractivity contribution in [3.8, 4) is 0 Å². The van der Waals surface area contributed by atoms with Crippen LogP contribution in [0, 0.1) is 6.92 Å². The van der Waals surface area contributed by atoms with E-state index in [9.17, 15) is 43.3 Å². The molecule has 2 heterocycles. The highest BCUT2D eigenvalue weighted by atomic mass is 31.3. The fourth-order valence-corrected chi connectivity index (χ4v) is 6.24. The number of phosphoric acid groups is 3. The van der Waals surface area contributed by atoms with Gasteiger partial charge in [0.25, 0.3) is 5.91 Å². The van der Waals surface area contributed by atoms with Gasteiger partial charge in [-0.25, -0.2) is 18.5 Å². The number of aliphatic hydroxyl groups excluding tert-OH is 2. The number of aliphatic hydroxyl groups is 2. The number of nitrogens with zero attached hydrogens (tertiary/aromatic N) is 2. The Morgan fingerprint density at radius 1 is 1.05 bits per heavy atom. The number of benzene rings is 1. The molecule has 1 aliphatic heterocycles. The first kappa shape index (κ1) is 30.4. The molecule has 1 aromatic heterocycles. The van der Waals surface area contributed by atoms with Crippen molar-refractivity contribution in [1.29, 1.82) is 0 Å². The van der Waals surface area contributed by atoms with Crippen LogP contribution >= 0.6 is 23.5 Å². The van der Waals surface area contributed by atoms with Crippen LogP contribution in [-0.2, 0) is 31.6 Å². The second-order valence-corrected chi connectivity index (χ2v) is 12.1. The van der Waals surface area contributed by atoms with E-state index in [4.69, 9.17) is 14.5 Å². The van der Waals surface area contributed by atoms with Crippen molar-refractivity contribution < 1.29 is 66.2 Å². The number of amides is 1. The van der Waals surface area contributed by atoms with E-state index in [1.54, 1.807) is 30.3 Å². The number of phosphoric ester groups is 1. The van der Waals surface area contributed by atoms with Crippen LogP contribution < -0.4 is 11.0 Å². The third-order valence-corrected chi connectivity index (χ3v) is 8.63. The number of rotatable bonds is 10. The van der Waals surface area contributed by atoms with E-state index in [2.05, 4.69) is 23.4 Å². The predicted octanol–water partition coefficient (Wildman–Crippen LogP) is -0.233. The lowest BCUT2D eigenvalue weighted by Gasteiger charge is -2.19. The van der Waals surface area contributed by atoms with Crippen molar-refractivity contribution in [2.75, 3.05) is 11.9 Å². The Bertz CT molecular complexity index is 1380. The van der Waals surface area contributed by atoms with Gasteiger partial charge in [-0.05, 0) is 19.1 Å². The summed E-state index contributed by atoms with van der Waals surface area (Å²) in [7, 11) is -16.9. The molecule has 6 atom stereocenters. The summed E-state index contributed by atoms with van der Waals surface area (Å²) in [6, 6.07) is 8.06. The van der Waals surface area contributed by atoms with E-state index >= 15 is 0 Å². The van der Waals surface area contributed by atoms with E-state index in [-0.39, 0.29) is 11.4 Å². The summed E-state index contributed by atoms with van der Waals surface area (Å²) in [5, 5.41) is 23.1. The Hall–Kier alpha value is -2.14. The molecular weight excluding hydrogens is 579 g/mol. The summed E-state index contributed by atoms with van der Waals surface area (Å²) < 4.78 is 51.6. The molecule has 1 amide bonds. The number of anilines is 1. The molecule has 3 rings (SSSR count). The molecule has 38 heavy (non-hydrogen) atoms. The molecular formula is C17H22N3O15P3. The van der Waals surface area contributed by atoms with Crippen LogP contribution in [0.4, 0.5) is 5.82 Å². The van der Waals surface area contributed by atoms with Crippen molar-refractivity contribution in [3.05, 3.63) is 58.1 Å². The summed E-state index contributed by atoms with van der Waals surface area (Å²) >= 11 is 0. The smallest absolute Gasteiger partial charge is 0.387 e. The molecule has 18 nitrogen and oxygen atoms in total. The molecule has 2 unspecified atom stereocenters. The second kappa shape index (κ2) is 11.5. The number of aryl methyl sites for hydroxylation is 1. The van der Waals surface area contributed by atoms with Gasteiger partial charge in [-0.2, -0.15) is 13.6 Å². The van der Waals surface area contributed by atoms with E-state index in [0.717, 1.165) is 4.57 Å². The highest BCUT2D eigenvalue weighted by Crippen LogP contribution is 2.66. The molecule has 0 spiro atoms. The Balaban J connectivity index is 1.70. The lowest BCUT2D eigenvalue weighted by molar-refractivity contribution is -0.0542. The minimum absolute atomic E-state index is 0.0858. The van der Waals surface area contributed by atoms with Crippen molar-refractivity contribution in [2.24, 2.45) is 0 Å². The summed E-state index contributed by atoms with van der Waals surface area (Å²) in [5.41, 5.74) is -0.450. The van der Waals surface area contributed by atoms with E-state index < -0.39 is 66.2 Å². The molecule has 1 aliphatic rings. The summed E-state index contributed by atoms with van der Waals surface area (Å²) in [4.78, 5) is 64.5. The van der Waals surface area contributed by atoms with Crippen LogP contribution in [0.3, 0.4) is 0 Å². The quantitative estimate of drug-likeness (QED) is 0.173. The van der Waals surface area contributed by atoms with Crippen molar-refractivity contribution in [2.45, 2.75) is 31.5 Å². The molecule has 2 aromatic rings. The number of carbonyl (C=O) groups excluding carboxylic acids is 1. The fourth-order valence-electron chi connectivity index (χ4n) is 3.21. The lowest BCUT2D eigenvalue weighted by atomic mass is 10.1. The maximum absolute atomic E-state index is 12.6. The average molecular weight is 601 g/mol. The zero-order chi connectivity index (χ0) is 28.5. The summed E-state index contributed by atoms with van der Waals surface area (Å²) in [6.45, 7) is 0.416. The number of aromatic nitrogens is 2. The molecule has 210 valence electrons. The molecule has 7 N–H and O–H groups in total. The molecule has 0 aliphatic carbocycles. The van der Waals surface area contributed by atoms with Crippen LogP contribution in [0.5, 0.6) is 0 Å². The van der Waals surface area contributed by atoms with Gasteiger partial charge in [0.2, 0.25) is 0 Å². The van der Waals surface area contributed by atoms with Gasteiger partial charge in [0.05, 0.1) is 6.61 Å². The highest BCUT2D eigenvalue weighted by Gasteiger charge is 2.47. The third-order valence-electron chi connectivity index (χ3n) is 4.83. The number of hydrogen-bond donors (Lipinski definition) is 7. The second-order valence-electron chi connectivity index (χ2n) is 7.72. The minimum Gasteiger partial charge on any atom is -0.387 e. The van der Waals surface area contributed by atoms with Crippen molar-refractivity contribution in [3.63, 3.8) is 0 Å². The number of carbonyl (C=O) groups is 1. The normalized spacial score (nSPS) is 24.9. The lowest BCUT2D eigenvalue weighted by Crippen LogP contribution is -2.36. The average Bonchev–Trinajstić information content (AvgIpc) is 3.06. The van der Waals surface area contributed by atoms with Crippen LogP contribution in [0.1, 0.15) is 22.1 Å². The summed E-state index contributed by atoms with van der Waals surface area (Å²) in [5.74, 6) is -0.630. The van der Waals surface area contributed by atoms with Crippen LogP contribution in [0.15, 0.2) is 41.3 Å². The first-order valence-electron chi connectivity index (χ1n) is 10.2. The van der Waals surface area contributed by atoms with Gasteiger partial charge in [-0.3, -0.25) is 13.9 Å². The molecule has 1 fully saturated rings. The molecule has 21 heteroatoms. The van der Waals surface area contributed by atoms with Gasteiger partial charge in [0.15, 0.2) is 6.23 Å². The first-order valence-corrected chi connectivity index (χ1v) is 14.8. The number of ether oxygens (including phenoxy) is 1. The predicted molar refractivity (Wildman–Crippen MR) is 123 cm³/mol. The molecule has 0 radical (unpaired) electrons. The maximum Gasteiger partial charge on any atom is 0.490 e. The standard InChI is InChI=1S/C17H22N3O15P3/c1-9-7-20(17(24)19-14(9)18-15(23)10-5-3-2-4-6-10)16-13(22)12(21)11(33-16)8-32-37(28,29)35-38(30,31)34-36(25,26)27/h2-7,11-13,16,21-22H,8H2,1H3,(H,28,29)(H,30,31)(H2,25,26,27)(H,18,19,23,24)/t11-,12-,13-,16-/m1/s1. The van der Waals surface area contributed by atoms with Gasteiger partial charge >= 0.3 is 29.2 Å². The SMILES string of the molecule is Cc1cn([C@@H]2O[C@H](COP(=O)(O)OP(=O)(O)OP(=O)(O)O)[C@@H](O)[C@H]2O)c(=O)nc1NC(=O)c1ccccc1. The molecule has 1 saturated heterocycles. The van der Waals surface area contributed by atoms with Gasteiger partial charge < -0.3 is 39.8 Å². The Morgan fingerprint density at radius 2 is 1.68 bits per heavy atom. The molecule has 0 saturated carbocycles. The zero-order valence-corrected chi connectivity index (χ0v) is 21.8. The van der Waals surface area contributed by atoms with Gasteiger partial charge in [-0.1, -0.05) is 18.2 Å². The van der Waals surface area contributed by atoms with E-state index in [0.29, 0.717) is 5.56 Å². The minimum atomic E-state index is -5.77. The fraction of sp³-hybridized carbons (Fsp3) is 0.353. The van der Waals surface area contributed by atoms with Crippen LogP contribution in [0.25, 0.3) is 0 Å². The third kappa shape index (κ3) is 7.94. The van der Waals surface area contributed by atoms with Crippen molar-refractivity contribution in [1.82, 2.24) is 9.55 Å². The van der Waals surface area contributed by atoms with Crippen LogP contribution in [0.2, 0.25) is 0 Å². The van der Waals surface area contributed by atoms with E-state index in [1.807, 2.05) is 0 Å². The molecule has 1 aromatic carbocycles. The maximum atomic E-state index is 12.6. The van der Waals surface area contributed by atoms with Crippen LogP contribution in [-0.4, -0.2) is 70.2 Å². The summed E-state index contributed by atoms with van der Waals surface area (Å²) in [6.07, 6.45) is -5.65. The van der Waals surface area contributed by atoms with Gasteiger partial charge in [-0.15, -0.1) is 0 Å².